The Morgan fingerprint density at radius 1 is 1.21 bits per heavy atom. The highest BCUT2D eigenvalue weighted by molar-refractivity contribution is 7.15. The van der Waals surface area contributed by atoms with Gasteiger partial charge in [-0.25, -0.2) is 9.97 Å². The van der Waals surface area contributed by atoms with Gasteiger partial charge in [-0.3, -0.25) is 19.5 Å². The first-order valence-corrected chi connectivity index (χ1v) is 11.9. The van der Waals surface area contributed by atoms with Crippen LogP contribution < -0.4 is 15.0 Å². The van der Waals surface area contributed by atoms with Crippen LogP contribution in [-0.4, -0.2) is 39.4 Å². The Hall–Kier alpha value is -3.63. The van der Waals surface area contributed by atoms with Crippen molar-refractivity contribution < 1.29 is 14.3 Å². The number of carbonyl (C=O) groups is 2. The zero-order valence-electron chi connectivity index (χ0n) is 17.8. The molecular weight excluding hydrogens is 458 g/mol. The minimum absolute atomic E-state index is 0.141. The predicted octanol–water partition coefficient (Wildman–Crippen LogP) is 4.39. The summed E-state index contributed by atoms with van der Waals surface area (Å²) in [6, 6.07) is 11.3. The average Bonchev–Trinajstić information content (AvgIpc) is 3.47. The molecule has 0 saturated heterocycles. The number of thiazole rings is 2. The zero-order chi connectivity index (χ0) is 22.9. The van der Waals surface area contributed by atoms with Gasteiger partial charge >= 0.3 is 0 Å². The molecule has 0 bridgehead atoms. The molecule has 166 valence electrons. The Morgan fingerprint density at radius 2 is 2.09 bits per heavy atom. The fourth-order valence-corrected chi connectivity index (χ4v) is 5.03. The summed E-state index contributed by atoms with van der Waals surface area (Å²) < 4.78 is 5.80. The second-order valence-corrected chi connectivity index (χ2v) is 9.49. The number of hydrogen-bond acceptors (Lipinski definition) is 8. The number of anilines is 2. The molecule has 0 aliphatic carbocycles. The first-order valence-electron chi connectivity index (χ1n) is 10.2. The van der Waals surface area contributed by atoms with E-state index in [1.54, 1.807) is 36.0 Å². The van der Waals surface area contributed by atoms with E-state index < -0.39 is 6.10 Å². The molecule has 1 aliphatic heterocycles. The predicted molar refractivity (Wildman–Crippen MR) is 129 cm³/mol. The lowest BCUT2D eigenvalue weighted by molar-refractivity contribution is -0.127. The van der Waals surface area contributed by atoms with Crippen molar-refractivity contribution in [1.29, 1.82) is 0 Å². The number of nitrogens with zero attached hydrogens (tertiary/aromatic N) is 4. The number of ether oxygens (including phenoxy) is 1. The minimum Gasteiger partial charge on any atom is -0.479 e. The summed E-state index contributed by atoms with van der Waals surface area (Å²) in [5.74, 6) is -0.0603. The Kier molecular flexibility index (Phi) is 5.61. The SMILES string of the molecule is Cc1sc(-c2ccccn2)nc1-c1ccc2c(c1)N(CC(=O)Nc1nccs1)C(=O)C(C)O2. The van der Waals surface area contributed by atoms with E-state index in [0.29, 0.717) is 16.6 Å². The summed E-state index contributed by atoms with van der Waals surface area (Å²) in [5.41, 5.74) is 2.99. The number of benzene rings is 1. The van der Waals surface area contributed by atoms with E-state index in [0.717, 1.165) is 26.8 Å². The van der Waals surface area contributed by atoms with Gasteiger partial charge in [-0.15, -0.1) is 22.7 Å². The number of carbonyl (C=O) groups excluding carboxylic acids is 2. The highest BCUT2D eigenvalue weighted by Crippen LogP contribution is 2.39. The Morgan fingerprint density at radius 3 is 2.85 bits per heavy atom. The molecule has 8 nitrogen and oxygen atoms in total. The largest absolute Gasteiger partial charge is 0.479 e. The maximum absolute atomic E-state index is 12.9. The van der Waals surface area contributed by atoms with E-state index in [1.807, 2.05) is 43.3 Å². The summed E-state index contributed by atoms with van der Waals surface area (Å²) >= 11 is 2.88. The molecule has 1 atom stereocenters. The Labute approximate surface area is 197 Å². The van der Waals surface area contributed by atoms with Gasteiger partial charge in [-0.2, -0.15) is 0 Å². The third-order valence-corrected chi connectivity index (χ3v) is 6.78. The van der Waals surface area contributed by atoms with Crippen LogP contribution in [0.5, 0.6) is 5.75 Å². The number of aryl methyl sites for hydroxylation is 1. The monoisotopic (exact) mass is 477 g/mol. The van der Waals surface area contributed by atoms with Gasteiger partial charge in [-0.1, -0.05) is 6.07 Å². The highest BCUT2D eigenvalue weighted by Gasteiger charge is 2.33. The fourth-order valence-electron chi connectivity index (χ4n) is 3.57. The van der Waals surface area contributed by atoms with Crippen LogP contribution in [-0.2, 0) is 9.59 Å². The van der Waals surface area contributed by atoms with Gasteiger partial charge in [0, 0.05) is 28.2 Å². The van der Waals surface area contributed by atoms with E-state index in [9.17, 15) is 9.59 Å². The molecule has 33 heavy (non-hydrogen) atoms. The highest BCUT2D eigenvalue weighted by atomic mass is 32.1. The van der Waals surface area contributed by atoms with Gasteiger partial charge in [0.2, 0.25) is 5.91 Å². The molecule has 10 heteroatoms. The summed E-state index contributed by atoms with van der Waals surface area (Å²) in [6.07, 6.45) is 2.66. The fraction of sp³-hybridized carbons (Fsp3) is 0.174. The van der Waals surface area contributed by atoms with Crippen molar-refractivity contribution in [3.63, 3.8) is 0 Å². The van der Waals surface area contributed by atoms with Crippen molar-refractivity contribution in [2.45, 2.75) is 20.0 Å². The number of hydrogen-bond donors (Lipinski definition) is 1. The molecule has 1 unspecified atom stereocenters. The quantitative estimate of drug-likeness (QED) is 0.458. The lowest BCUT2D eigenvalue weighted by Gasteiger charge is -2.32. The van der Waals surface area contributed by atoms with Crippen LogP contribution in [0, 0.1) is 6.92 Å². The lowest BCUT2D eigenvalue weighted by Crippen LogP contribution is -2.47. The molecule has 2 amide bonds. The average molecular weight is 478 g/mol. The molecule has 0 spiro atoms. The third kappa shape index (κ3) is 4.22. The van der Waals surface area contributed by atoms with E-state index in [1.165, 1.54) is 16.2 Å². The summed E-state index contributed by atoms with van der Waals surface area (Å²) in [6.45, 7) is 3.54. The van der Waals surface area contributed by atoms with Gasteiger partial charge in [-0.05, 0) is 44.2 Å². The number of fused-ring (bicyclic) bond motifs is 1. The summed E-state index contributed by atoms with van der Waals surface area (Å²) in [5, 5.41) is 5.81. The second kappa shape index (κ2) is 8.72. The Balaban J connectivity index is 1.48. The Bertz CT molecular complexity index is 1320. The normalized spacial score (nSPS) is 15.2. The van der Waals surface area contributed by atoms with E-state index in [4.69, 9.17) is 9.72 Å². The van der Waals surface area contributed by atoms with Gasteiger partial charge < -0.3 is 10.1 Å². The second-order valence-electron chi connectivity index (χ2n) is 7.39. The first-order chi connectivity index (χ1) is 16.0. The van der Waals surface area contributed by atoms with Crippen molar-refractivity contribution in [2.24, 2.45) is 0 Å². The maximum Gasteiger partial charge on any atom is 0.268 e. The molecule has 3 aromatic heterocycles. The third-order valence-electron chi connectivity index (χ3n) is 5.10. The van der Waals surface area contributed by atoms with Crippen LogP contribution in [0.25, 0.3) is 22.0 Å². The van der Waals surface area contributed by atoms with E-state index >= 15 is 0 Å². The van der Waals surface area contributed by atoms with Crippen molar-refractivity contribution in [1.82, 2.24) is 15.0 Å². The summed E-state index contributed by atoms with van der Waals surface area (Å²) in [7, 11) is 0. The molecule has 0 fully saturated rings. The number of pyridine rings is 1. The maximum atomic E-state index is 12.9. The molecule has 1 aliphatic rings. The molecule has 4 heterocycles. The molecular formula is C23H19N5O3S2. The van der Waals surface area contributed by atoms with Crippen LogP contribution >= 0.6 is 22.7 Å². The lowest BCUT2D eigenvalue weighted by atomic mass is 10.1. The molecule has 1 N–H and O–H groups in total. The molecule has 5 rings (SSSR count). The molecule has 4 aromatic rings. The standard InChI is InChI=1S/C23H19N5O3S2/c1-13-22(30)28(12-19(29)26-23-25-9-10-32-23)17-11-15(6-7-18(17)31-13)20-14(2)33-21(27-20)16-5-3-4-8-24-16/h3-11,13H,12H2,1-2H3,(H,25,26,29). The summed E-state index contributed by atoms with van der Waals surface area (Å²) in [4.78, 5) is 41.3. The van der Waals surface area contributed by atoms with Crippen LogP contribution in [0.15, 0.2) is 54.2 Å². The van der Waals surface area contributed by atoms with Crippen LogP contribution in [0.1, 0.15) is 11.8 Å². The molecule has 0 saturated carbocycles. The zero-order valence-corrected chi connectivity index (χ0v) is 19.4. The number of rotatable bonds is 5. The van der Waals surface area contributed by atoms with E-state index in [-0.39, 0.29) is 18.4 Å². The first kappa shape index (κ1) is 21.2. The van der Waals surface area contributed by atoms with Crippen molar-refractivity contribution in [2.75, 3.05) is 16.8 Å². The number of amides is 2. The number of nitrogens with one attached hydrogen (secondary N) is 1. The smallest absolute Gasteiger partial charge is 0.268 e. The van der Waals surface area contributed by atoms with Crippen molar-refractivity contribution >= 4 is 45.3 Å². The number of aromatic nitrogens is 3. The van der Waals surface area contributed by atoms with Crippen molar-refractivity contribution in [3.8, 4) is 27.7 Å². The van der Waals surface area contributed by atoms with Crippen molar-refractivity contribution in [3.05, 3.63) is 59.0 Å². The molecule has 0 radical (unpaired) electrons. The minimum atomic E-state index is -0.687. The van der Waals surface area contributed by atoms with Gasteiger partial charge in [0.25, 0.3) is 5.91 Å². The van der Waals surface area contributed by atoms with Gasteiger partial charge in [0.15, 0.2) is 11.2 Å². The molecule has 1 aromatic carbocycles. The van der Waals surface area contributed by atoms with Crippen LogP contribution in [0.2, 0.25) is 0 Å². The van der Waals surface area contributed by atoms with Crippen LogP contribution in [0.3, 0.4) is 0 Å². The van der Waals surface area contributed by atoms with Crippen LogP contribution in [0.4, 0.5) is 10.8 Å². The topological polar surface area (TPSA) is 97.3 Å². The van der Waals surface area contributed by atoms with E-state index in [2.05, 4.69) is 15.3 Å². The van der Waals surface area contributed by atoms with Gasteiger partial charge in [0.05, 0.1) is 17.1 Å². The van der Waals surface area contributed by atoms with Gasteiger partial charge in [0.1, 0.15) is 17.3 Å².